The van der Waals surface area contributed by atoms with Gasteiger partial charge < -0.3 is 14.8 Å². The largest absolute Gasteiger partial charge is 0.468 e. The van der Waals surface area contributed by atoms with Gasteiger partial charge in [0.2, 0.25) is 0 Å². The second-order valence-corrected chi connectivity index (χ2v) is 6.10. The maximum absolute atomic E-state index is 12.2. The van der Waals surface area contributed by atoms with Crippen LogP contribution in [-0.2, 0) is 14.3 Å². The summed E-state index contributed by atoms with van der Waals surface area (Å²) in [5.74, 6) is -0.121. The fraction of sp³-hybridized carbons (Fsp3) is 0.933. The molecule has 1 N–H and O–H groups in total. The van der Waals surface area contributed by atoms with E-state index in [2.05, 4.69) is 17.1 Å². The van der Waals surface area contributed by atoms with Gasteiger partial charge in [0.05, 0.1) is 13.2 Å². The minimum absolute atomic E-state index is 0.121. The Morgan fingerprint density at radius 3 is 2.95 bits per heavy atom. The van der Waals surface area contributed by atoms with Crippen LogP contribution >= 0.6 is 0 Å². The van der Waals surface area contributed by atoms with Crippen molar-refractivity contribution < 1.29 is 14.3 Å². The molecule has 0 spiro atoms. The fourth-order valence-corrected chi connectivity index (χ4v) is 3.63. The maximum atomic E-state index is 12.2. The van der Waals surface area contributed by atoms with E-state index in [1.807, 2.05) is 7.05 Å². The molecule has 0 bridgehead atoms. The van der Waals surface area contributed by atoms with E-state index >= 15 is 0 Å². The Kier molecular flexibility index (Phi) is 5.41. The molecule has 3 unspecified atom stereocenters. The number of likely N-dealkylation sites (N-methyl/N-ethyl adjacent to an activating group) is 1. The molecule has 116 valence electrons. The van der Waals surface area contributed by atoms with Gasteiger partial charge in [-0.2, -0.15) is 0 Å². The lowest BCUT2D eigenvalue weighted by Gasteiger charge is -2.43. The van der Waals surface area contributed by atoms with Crippen LogP contribution in [0.25, 0.3) is 0 Å². The first-order valence-corrected chi connectivity index (χ1v) is 7.74. The Balaban J connectivity index is 2.06. The maximum Gasteiger partial charge on any atom is 0.326 e. The molecule has 2 fully saturated rings. The Hall–Kier alpha value is -0.650. The van der Waals surface area contributed by atoms with E-state index in [9.17, 15) is 4.79 Å². The first-order chi connectivity index (χ1) is 9.61. The Labute approximate surface area is 122 Å². The number of ether oxygens (including phenoxy) is 2. The average molecular weight is 284 g/mol. The number of hydrogen-bond donors (Lipinski definition) is 1. The van der Waals surface area contributed by atoms with Gasteiger partial charge in [0, 0.05) is 25.7 Å². The Bertz CT molecular complexity index is 337. The van der Waals surface area contributed by atoms with E-state index in [0.717, 1.165) is 51.8 Å². The van der Waals surface area contributed by atoms with Crippen molar-refractivity contribution in [2.75, 3.05) is 33.9 Å². The van der Waals surface area contributed by atoms with Gasteiger partial charge in [0.15, 0.2) is 0 Å². The van der Waals surface area contributed by atoms with Gasteiger partial charge in [-0.05, 0) is 46.1 Å². The van der Waals surface area contributed by atoms with Crippen LogP contribution in [0, 0.1) is 0 Å². The second kappa shape index (κ2) is 6.87. The van der Waals surface area contributed by atoms with Crippen LogP contribution in [0.15, 0.2) is 0 Å². The number of carbonyl (C=O) groups is 1. The van der Waals surface area contributed by atoms with Crippen LogP contribution in [0.4, 0.5) is 0 Å². The summed E-state index contributed by atoms with van der Waals surface area (Å²) in [6.07, 6.45) is 5.28. The monoisotopic (exact) mass is 284 g/mol. The van der Waals surface area contributed by atoms with E-state index in [0.29, 0.717) is 6.04 Å². The van der Waals surface area contributed by atoms with Gasteiger partial charge in [-0.25, -0.2) is 0 Å². The molecule has 2 rings (SSSR count). The number of hydrogen-bond acceptors (Lipinski definition) is 5. The molecule has 5 nitrogen and oxygen atoms in total. The molecule has 0 aromatic rings. The van der Waals surface area contributed by atoms with Gasteiger partial charge >= 0.3 is 5.97 Å². The molecule has 20 heavy (non-hydrogen) atoms. The molecule has 2 aliphatic rings. The van der Waals surface area contributed by atoms with E-state index < -0.39 is 5.54 Å². The molecule has 1 aliphatic carbocycles. The molecular formula is C15H28N2O3. The zero-order valence-corrected chi connectivity index (χ0v) is 13.0. The summed E-state index contributed by atoms with van der Waals surface area (Å²) in [5.41, 5.74) is -0.506. The van der Waals surface area contributed by atoms with Crippen LogP contribution < -0.4 is 5.32 Å². The van der Waals surface area contributed by atoms with E-state index in [4.69, 9.17) is 9.47 Å². The van der Waals surface area contributed by atoms with Crippen molar-refractivity contribution >= 4 is 5.97 Å². The molecular weight excluding hydrogens is 256 g/mol. The Morgan fingerprint density at radius 2 is 2.25 bits per heavy atom. The highest BCUT2D eigenvalue weighted by molar-refractivity contribution is 5.81. The zero-order valence-electron chi connectivity index (χ0n) is 13.0. The summed E-state index contributed by atoms with van der Waals surface area (Å²) >= 11 is 0. The van der Waals surface area contributed by atoms with Crippen molar-refractivity contribution in [3.8, 4) is 0 Å². The van der Waals surface area contributed by atoms with E-state index in [1.165, 1.54) is 7.11 Å². The third-order valence-electron chi connectivity index (χ3n) is 4.78. The lowest BCUT2D eigenvalue weighted by atomic mass is 9.78. The first-order valence-electron chi connectivity index (χ1n) is 7.74. The molecule has 5 heteroatoms. The molecule has 0 amide bonds. The molecule has 1 saturated carbocycles. The molecule has 0 aromatic carbocycles. The highest BCUT2D eigenvalue weighted by atomic mass is 16.5. The van der Waals surface area contributed by atoms with Gasteiger partial charge in [-0.1, -0.05) is 0 Å². The minimum atomic E-state index is -0.506. The van der Waals surface area contributed by atoms with Crippen LogP contribution in [-0.4, -0.2) is 62.4 Å². The van der Waals surface area contributed by atoms with E-state index in [-0.39, 0.29) is 12.1 Å². The van der Waals surface area contributed by atoms with Crippen LogP contribution in [0.5, 0.6) is 0 Å². The molecule has 1 saturated heterocycles. The van der Waals surface area contributed by atoms with Crippen molar-refractivity contribution in [1.29, 1.82) is 0 Å². The summed E-state index contributed by atoms with van der Waals surface area (Å²) in [5, 5.41) is 3.23. The SMILES string of the molecule is CNC1(C(=O)OC)CCCC(N2CCCOC(C)C2)C1. The summed E-state index contributed by atoms with van der Waals surface area (Å²) < 4.78 is 10.7. The number of esters is 1. The van der Waals surface area contributed by atoms with Gasteiger partial charge in [0.25, 0.3) is 0 Å². The number of methoxy groups -OCH3 is 1. The Morgan fingerprint density at radius 1 is 1.45 bits per heavy atom. The van der Waals surface area contributed by atoms with Crippen LogP contribution in [0.3, 0.4) is 0 Å². The smallest absolute Gasteiger partial charge is 0.326 e. The highest BCUT2D eigenvalue weighted by Crippen LogP contribution is 2.32. The molecule has 0 aromatic heterocycles. The lowest BCUT2D eigenvalue weighted by molar-refractivity contribution is -0.151. The summed E-state index contributed by atoms with van der Waals surface area (Å²) in [6.45, 7) is 5.01. The van der Waals surface area contributed by atoms with Crippen molar-refractivity contribution in [3.05, 3.63) is 0 Å². The van der Waals surface area contributed by atoms with Gasteiger partial charge in [0.1, 0.15) is 5.54 Å². The minimum Gasteiger partial charge on any atom is -0.468 e. The third kappa shape index (κ3) is 3.32. The van der Waals surface area contributed by atoms with Gasteiger partial charge in [-0.3, -0.25) is 9.69 Å². The highest BCUT2D eigenvalue weighted by Gasteiger charge is 2.44. The molecule has 1 heterocycles. The summed E-state index contributed by atoms with van der Waals surface area (Å²) in [4.78, 5) is 14.7. The third-order valence-corrected chi connectivity index (χ3v) is 4.78. The van der Waals surface area contributed by atoms with Crippen molar-refractivity contribution in [1.82, 2.24) is 10.2 Å². The van der Waals surface area contributed by atoms with Gasteiger partial charge in [-0.15, -0.1) is 0 Å². The topological polar surface area (TPSA) is 50.8 Å². The average Bonchev–Trinajstić information content (AvgIpc) is 2.71. The zero-order chi connectivity index (χ0) is 14.6. The summed E-state index contributed by atoms with van der Waals surface area (Å²) in [6, 6.07) is 0.444. The number of nitrogens with zero attached hydrogens (tertiary/aromatic N) is 1. The van der Waals surface area contributed by atoms with Crippen molar-refractivity contribution in [2.24, 2.45) is 0 Å². The van der Waals surface area contributed by atoms with Crippen molar-refractivity contribution in [3.63, 3.8) is 0 Å². The number of nitrogens with one attached hydrogen (secondary N) is 1. The standard InChI is InChI=1S/C15H28N2O3/c1-12-11-17(8-5-9-20-12)13-6-4-7-15(10-13,16-2)14(18)19-3/h12-13,16H,4-11H2,1-3H3. The van der Waals surface area contributed by atoms with Crippen molar-refractivity contribution in [2.45, 2.75) is 56.7 Å². The number of rotatable bonds is 3. The van der Waals surface area contributed by atoms with Crippen LogP contribution in [0.2, 0.25) is 0 Å². The normalized spacial score (nSPS) is 36.4. The summed E-state index contributed by atoms with van der Waals surface area (Å²) in [7, 11) is 3.35. The lowest BCUT2D eigenvalue weighted by Crippen LogP contribution is -2.58. The quantitative estimate of drug-likeness (QED) is 0.789. The van der Waals surface area contributed by atoms with Crippen LogP contribution in [0.1, 0.15) is 39.0 Å². The van der Waals surface area contributed by atoms with E-state index in [1.54, 1.807) is 0 Å². The molecule has 3 atom stereocenters. The first kappa shape index (κ1) is 15.7. The predicted molar refractivity (Wildman–Crippen MR) is 77.7 cm³/mol. The molecule has 1 aliphatic heterocycles. The second-order valence-electron chi connectivity index (χ2n) is 6.10. The molecule has 0 radical (unpaired) electrons. The number of carbonyl (C=O) groups excluding carboxylic acids is 1. The fourth-order valence-electron chi connectivity index (χ4n) is 3.63. The predicted octanol–water partition coefficient (Wildman–Crippen LogP) is 1.17.